The van der Waals surface area contributed by atoms with Gasteiger partial charge in [0, 0.05) is 16.7 Å². The van der Waals surface area contributed by atoms with Crippen molar-refractivity contribution in [3.05, 3.63) is 23.3 Å². The molecule has 0 aromatic rings. The minimum Gasteiger partial charge on any atom is -0.369 e. The standard InChI is InChI=1S/C31H42N2O3/c1-26(2)10-12-31(25(33)36)13-11-30(7)23(19(31)16-26)20(34)14-22-28(5)15-18(17-32)24(35)27(3,4)21(28)8-9-29(22,30)6/h14-15,19,21,23H,8-13,16H2,1-7H3,(H2,33,36)/t19?,21-,23?,28-,29+,30+,31-/m0/s1. The van der Waals surface area contributed by atoms with Crippen LogP contribution in [0.25, 0.3) is 0 Å². The van der Waals surface area contributed by atoms with Crippen molar-refractivity contribution in [3.8, 4) is 6.07 Å². The molecule has 0 radical (unpaired) electrons. The van der Waals surface area contributed by atoms with E-state index in [2.05, 4.69) is 40.7 Å². The number of hydrogen-bond donors (Lipinski definition) is 1. The Kier molecular flexibility index (Phi) is 5.09. The minimum absolute atomic E-state index is 0.0313. The van der Waals surface area contributed by atoms with Crippen LogP contribution in [0, 0.1) is 61.6 Å². The van der Waals surface area contributed by atoms with Crippen molar-refractivity contribution < 1.29 is 14.4 Å². The van der Waals surface area contributed by atoms with Gasteiger partial charge in [-0.1, -0.05) is 60.1 Å². The Morgan fingerprint density at radius 2 is 1.64 bits per heavy atom. The molecule has 1 amide bonds. The largest absolute Gasteiger partial charge is 0.369 e. The molecule has 5 aliphatic rings. The molecule has 0 saturated heterocycles. The highest BCUT2D eigenvalue weighted by Gasteiger charge is 2.70. The Labute approximate surface area is 215 Å². The molecular weight excluding hydrogens is 448 g/mol. The number of ketones is 2. The number of rotatable bonds is 1. The van der Waals surface area contributed by atoms with E-state index < -0.39 is 16.2 Å². The van der Waals surface area contributed by atoms with E-state index in [9.17, 15) is 19.6 Å². The summed E-state index contributed by atoms with van der Waals surface area (Å²) >= 11 is 0. The summed E-state index contributed by atoms with van der Waals surface area (Å²) in [6, 6.07) is 2.16. The van der Waals surface area contributed by atoms with Crippen LogP contribution in [-0.4, -0.2) is 17.5 Å². The summed E-state index contributed by atoms with van der Waals surface area (Å²) in [5.74, 6) is -0.478. The molecule has 36 heavy (non-hydrogen) atoms. The number of amides is 1. The van der Waals surface area contributed by atoms with Gasteiger partial charge in [-0.05, 0) is 79.1 Å². The zero-order chi connectivity index (χ0) is 26.7. The molecule has 0 aromatic carbocycles. The van der Waals surface area contributed by atoms with Gasteiger partial charge >= 0.3 is 0 Å². The normalized spacial score (nSPS) is 46.7. The summed E-state index contributed by atoms with van der Waals surface area (Å²) < 4.78 is 0. The minimum atomic E-state index is -0.668. The van der Waals surface area contributed by atoms with Crippen LogP contribution in [0.2, 0.25) is 0 Å². The molecule has 7 atom stereocenters. The predicted molar refractivity (Wildman–Crippen MR) is 138 cm³/mol. The van der Waals surface area contributed by atoms with E-state index in [4.69, 9.17) is 5.73 Å². The average molecular weight is 491 g/mol. The maximum Gasteiger partial charge on any atom is 0.223 e. The quantitative estimate of drug-likeness (QED) is 0.510. The molecule has 3 saturated carbocycles. The van der Waals surface area contributed by atoms with Gasteiger partial charge in [0.05, 0.1) is 11.0 Å². The molecule has 5 heteroatoms. The van der Waals surface area contributed by atoms with E-state index >= 15 is 0 Å². The third-order valence-corrected chi connectivity index (χ3v) is 12.4. The van der Waals surface area contributed by atoms with Crippen LogP contribution in [0.4, 0.5) is 0 Å². The van der Waals surface area contributed by atoms with E-state index in [0.717, 1.165) is 50.5 Å². The summed E-state index contributed by atoms with van der Waals surface area (Å²) in [4.78, 5) is 40.4. The first-order valence-electron chi connectivity index (χ1n) is 13.7. The van der Waals surface area contributed by atoms with Crippen molar-refractivity contribution in [3.63, 3.8) is 0 Å². The van der Waals surface area contributed by atoms with Gasteiger partial charge in [-0.2, -0.15) is 5.26 Å². The Balaban J connectivity index is 1.71. The highest BCUT2D eigenvalue weighted by molar-refractivity contribution is 6.04. The summed E-state index contributed by atoms with van der Waals surface area (Å²) in [5.41, 5.74) is 5.10. The van der Waals surface area contributed by atoms with Gasteiger partial charge in [-0.3, -0.25) is 14.4 Å². The smallest absolute Gasteiger partial charge is 0.223 e. The van der Waals surface area contributed by atoms with Crippen LogP contribution in [0.5, 0.6) is 0 Å². The van der Waals surface area contributed by atoms with E-state index in [0.29, 0.717) is 0 Å². The van der Waals surface area contributed by atoms with Crippen LogP contribution in [0.15, 0.2) is 23.3 Å². The van der Waals surface area contributed by atoms with Crippen LogP contribution in [0.1, 0.15) is 93.4 Å². The number of primary amides is 1. The lowest BCUT2D eigenvalue weighted by molar-refractivity contribution is -0.176. The predicted octanol–water partition coefficient (Wildman–Crippen LogP) is 5.69. The molecule has 194 valence electrons. The van der Waals surface area contributed by atoms with Crippen molar-refractivity contribution >= 4 is 17.5 Å². The summed E-state index contributed by atoms with van der Waals surface area (Å²) in [7, 11) is 0. The Hall–Kier alpha value is -2.22. The molecule has 0 heterocycles. The van der Waals surface area contributed by atoms with Gasteiger partial charge in [-0.15, -0.1) is 0 Å². The van der Waals surface area contributed by atoms with Gasteiger partial charge in [0.2, 0.25) is 5.91 Å². The van der Waals surface area contributed by atoms with E-state index in [1.54, 1.807) is 0 Å². The number of fused-ring (bicyclic) bond motifs is 7. The molecule has 5 aliphatic carbocycles. The van der Waals surface area contributed by atoms with Crippen LogP contribution in [0.3, 0.4) is 0 Å². The van der Waals surface area contributed by atoms with E-state index in [-0.39, 0.29) is 57.0 Å². The second-order valence-corrected chi connectivity index (χ2v) is 14.8. The van der Waals surface area contributed by atoms with E-state index in [1.807, 2.05) is 26.0 Å². The zero-order valence-corrected chi connectivity index (χ0v) is 23.1. The van der Waals surface area contributed by atoms with Crippen molar-refractivity contribution in [2.75, 3.05) is 0 Å². The first-order chi connectivity index (χ1) is 16.5. The molecule has 0 aromatic heterocycles. The third kappa shape index (κ3) is 2.85. The second-order valence-electron chi connectivity index (χ2n) is 14.8. The fraction of sp³-hybridized carbons (Fsp3) is 0.742. The SMILES string of the molecule is CC1(C)CC[C@]2(C(N)=O)CC[C@]3(C)C(C(=O)C=C4[C@@]5(C)C=C(C#N)C(=O)C(C)(C)[C@@H]5CC[C@]43C)C2C1. The molecule has 0 bridgehead atoms. The maximum absolute atomic E-state index is 14.3. The Bertz CT molecular complexity index is 1180. The lowest BCUT2D eigenvalue weighted by Gasteiger charge is -2.68. The summed E-state index contributed by atoms with van der Waals surface area (Å²) in [5, 5.41) is 9.84. The van der Waals surface area contributed by atoms with Crippen LogP contribution < -0.4 is 5.73 Å². The van der Waals surface area contributed by atoms with Crippen LogP contribution >= 0.6 is 0 Å². The highest BCUT2D eigenvalue weighted by atomic mass is 16.1. The van der Waals surface area contributed by atoms with Gasteiger partial charge in [0.15, 0.2) is 11.6 Å². The number of nitrogens with zero attached hydrogens (tertiary/aromatic N) is 1. The number of carbonyl (C=O) groups is 3. The molecule has 0 aliphatic heterocycles. The monoisotopic (exact) mass is 490 g/mol. The zero-order valence-electron chi connectivity index (χ0n) is 23.1. The van der Waals surface area contributed by atoms with Crippen LogP contribution in [-0.2, 0) is 14.4 Å². The molecule has 3 fully saturated rings. The van der Waals surface area contributed by atoms with Crippen molar-refractivity contribution in [1.29, 1.82) is 5.26 Å². The summed E-state index contributed by atoms with van der Waals surface area (Å²) in [6.45, 7) is 15.2. The number of hydrogen-bond acceptors (Lipinski definition) is 4. The molecule has 2 unspecified atom stereocenters. The fourth-order valence-electron chi connectivity index (χ4n) is 10.1. The molecule has 2 N–H and O–H groups in total. The fourth-order valence-corrected chi connectivity index (χ4v) is 10.1. The van der Waals surface area contributed by atoms with Crippen molar-refractivity contribution in [2.24, 2.45) is 56.0 Å². The van der Waals surface area contributed by atoms with Gasteiger partial charge in [-0.25, -0.2) is 0 Å². The summed E-state index contributed by atoms with van der Waals surface area (Å²) in [6.07, 6.45) is 9.59. The molecule has 5 nitrogen and oxygen atoms in total. The number of nitriles is 1. The van der Waals surface area contributed by atoms with Gasteiger partial charge in [0.1, 0.15) is 6.07 Å². The average Bonchev–Trinajstić information content (AvgIpc) is 2.77. The lowest BCUT2D eigenvalue weighted by Crippen LogP contribution is -2.66. The third-order valence-electron chi connectivity index (χ3n) is 12.4. The Morgan fingerprint density at radius 3 is 2.25 bits per heavy atom. The second kappa shape index (κ2) is 7.21. The highest BCUT2D eigenvalue weighted by Crippen LogP contribution is 2.74. The topological polar surface area (TPSA) is 101 Å². The number of carbonyl (C=O) groups excluding carboxylic acids is 3. The van der Waals surface area contributed by atoms with Crippen molar-refractivity contribution in [1.82, 2.24) is 0 Å². The van der Waals surface area contributed by atoms with Gasteiger partial charge < -0.3 is 5.73 Å². The number of Topliss-reactive ketones (excluding diaryl/α,β-unsaturated/α-hetero) is 1. The molecule has 5 rings (SSSR count). The van der Waals surface area contributed by atoms with Gasteiger partial charge in [0.25, 0.3) is 0 Å². The first-order valence-corrected chi connectivity index (χ1v) is 13.7. The molecule has 0 spiro atoms. The van der Waals surface area contributed by atoms with E-state index in [1.165, 1.54) is 0 Å². The molecular formula is C31H42N2O3. The Morgan fingerprint density at radius 1 is 1.00 bits per heavy atom. The number of nitrogens with two attached hydrogens (primary N) is 1. The lowest BCUT2D eigenvalue weighted by atomic mass is 9.34. The van der Waals surface area contributed by atoms with Crippen molar-refractivity contribution in [2.45, 2.75) is 93.4 Å². The maximum atomic E-state index is 14.3. The number of allylic oxidation sites excluding steroid dienone is 4. The first kappa shape index (κ1) is 25.4.